The van der Waals surface area contributed by atoms with Gasteiger partial charge >= 0.3 is 0 Å². The Bertz CT molecular complexity index is 885. The molecule has 0 unspecified atom stereocenters. The summed E-state index contributed by atoms with van der Waals surface area (Å²) in [5, 5.41) is 16.6. The van der Waals surface area contributed by atoms with Crippen LogP contribution in [0.25, 0.3) is 11.5 Å². The van der Waals surface area contributed by atoms with E-state index in [1.807, 2.05) is 18.2 Å². The van der Waals surface area contributed by atoms with Crippen molar-refractivity contribution in [1.29, 1.82) is 0 Å². The summed E-state index contributed by atoms with van der Waals surface area (Å²) < 4.78 is 11.0. The Kier molecular flexibility index (Phi) is 4.74. The Hall–Kier alpha value is -2.25. The fourth-order valence-corrected chi connectivity index (χ4v) is 3.66. The number of hydrogen-bond acceptors (Lipinski definition) is 7. The summed E-state index contributed by atoms with van der Waals surface area (Å²) in [5.41, 5.74) is 0.420. The first-order chi connectivity index (χ1) is 12.7. The van der Waals surface area contributed by atoms with E-state index in [-0.39, 0.29) is 5.54 Å². The largest absolute Gasteiger partial charge is 0.419 e. The number of nitrogens with one attached hydrogen (secondary N) is 1. The molecule has 1 aromatic carbocycles. The molecule has 1 saturated carbocycles. The van der Waals surface area contributed by atoms with Crippen LogP contribution in [0, 0.1) is 6.92 Å². The predicted octanol–water partition coefficient (Wildman–Crippen LogP) is 4.03. The van der Waals surface area contributed by atoms with Gasteiger partial charge in [0.1, 0.15) is 0 Å². The molecule has 2 aromatic heterocycles. The molecule has 3 aromatic rings. The zero-order chi connectivity index (χ0) is 18.0. The number of hydrogen-bond donors (Lipinski definition) is 1. The Balaban J connectivity index is 1.53. The average molecular weight is 374 g/mol. The second-order valence-corrected chi connectivity index (χ2v) is 7.02. The van der Waals surface area contributed by atoms with E-state index in [1.54, 1.807) is 13.0 Å². The standard InChI is InChI=1S/C18H20ClN5O2/c1-12-21-17(24-26-12)18(9-5-2-6-10-18)20-11-15-22-23-16(25-15)13-7-3-4-8-14(13)19/h3-4,7-8,20H,2,5-6,9-11H2,1H3. The molecule has 1 fully saturated rings. The maximum Gasteiger partial charge on any atom is 0.249 e. The summed E-state index contributed by atoms with van der Waals surface area (Å²) in [4.78, 5) is 4.46. The van der Waals surface area contributed by atoms with Crippen LogP contribution in [-0.4, -0.2) is 20.3 Å². The molecular weight excluding hydrogens is 354 g/mol. The topological polar surface area (TPSA) is 89.9 Å². The molecule has 0 aliphatic heterocycles. The molecule has 1 aliphatic carbocycles. The summed E-state index contributed by atoms with van der Waals surface area (Å²) in [6, 6.07) is 7.41. The van der Waals surface area contributed by atoms with E-state index in [1.165, 1.54) is 6.42 Å². The highest BCUT2D eigenvalue weighted by molar-refractivity contribution is 6.33. The van der Waals surface area contributed by atoms with Gasteiger partial charge in [0.15, 0.2) is 5.82 Å². The van der Waals surface area contributed by atoms with Crippen LogP contribution in [-0.2, 0) is 12.1 Å². The van der Waals surface area contributed by atoms with Gasteiger partial charge in [0.25, 0.3) is 0 Å². The monoisotopic (exact) mass is 373 g/mol. The van der Waals surface area contributed by atoms with Crippen LogP contribution in [0.5, 0.6) is 0 Å². The highest BCUT2D eigenvalue weighted by Gasteiger charge is 2.38. The van der Waals surface area contributed by atoms with E-state index in [2.05, 4.69) is 25.7 Å². The van der Waals surface area contributed by atoms with Crippen molar-refractivity contribution in [2.45, 2.75) is 51.1 Å². The third-order valence-corrected chi connectivity index (χ3v) is 5.14. The Morgan fingerprint density at radius 2 is 1.96 bits per heavy atom. The molecule has 8 heteroatoms. The van der Waals surface area contributed by atoms with Crippen molar-refractivity contribution < 1.29 is 8.94 Å². The van der Waals surface area contributed by atoms with E-state index in [9.17, 15) is 0 Å². The molecule has 2 heterocycles. The number of aromatic nitrogens is 4. The molecule has 4 rings (SSSR count). The van der Waals surface area contributed by atoms with Gasteiger partial charge in [0.05, 0.1) is 22.7 Å². The van der Waals surface area contributed by atoms with Crippen LogP contribution in [0.2, 0.25) is 5.02 Å². The van der Waals surface area contributed by atoms with Crippen LogP contribution in [0.15, 0.2) is 33.2 Å². The first-order valence-corrected chi connectivity index (χ1v) is 9.17. The zero-order valence-electron chi connectivity index (χ0n) is 14.5. The quantitative estimate of drug-likeness (QED) is 0.721. The zero-order valence-corrected chi connectivity index (χ0v) is 15.3. The van der Waals surface area contributed by atoms with Gasteiger partial charge in [-0.3, -0.25) is 5.32 Å². The van der Waals surface area contributed by atoms with Crippen molar-refractivity contribution in [1.82, 2.24) is 25.7 Å². The second kappa shape index (κ2) is 7.17. The second-order valence-electron chi connectivity index (χ2n) is 6.61. The molecular formula is C18H20ClN5O2. The molecule has 1 N–H and O–H groups in total. The van der Waals surface area contributed by atoms with Crippen LogP contribution >= 0.6 is 11.6 Å². The molecule has 1 aliphatic rings. The summed E-state index contributed by atoms with van der Waals surface area (Å²) in [6.07, 6.45) is 5.37. The van der Waals surface area contributed by atoms with Crippen molar-refractivity contribution in [2.24, 2.45) is 0 Å². The minimum absolute atomic E-state index is 0.310. The highest BCUT2D eigenvalue weighted by Crippen LogP contribution is 2.36. The fourth-order valence-electron chi connectivity index (χ4n) is 3.44. The van der Waals surface area contributed by atoms with Crippen LogP contribution in [0.1, 0.15) is 49.7 Å². The van der Waals surface area contributed by atoms with E-state index in [0.717, 1.165) is 31.2 Å². The third kappa shape index (κ3) is 3.37. The molecule has 0 atom stereocenters. The molecule has 0 radical (unpaired) electrons. The van der Waals surface area contributed by atoms with Crippen LogP contribution < -0.4 is 5.32 Å². The normalized spacial score (nSPS) is 16.7. The number of halogens is 1. The van der Waals surface area contributed by atoms with Gasteiger partial charge in [-0.25, -0.2) is 0 Å². The van der Waals surface area contributed by atoms with Crippen molar-refractivity contribution in [3.05, 3.63) is 46.9 Å². The van der Waals surface area contributed by atoms with Crippen molar-refractivity contribution in [3.63, 3.8) is 0 Å². The van der Waals surface area contributed by atoms with Crippen LogP contribution in [0.3, 0.4) is 0 Å². The van der Waals surface area contributed by atoms with Gasteiger partial charge in [0, 0.05) is 6.92 Å². The van der Waals surface area contributed by atoms with Gasteiger partial charge < -0.3 is 8.94 Å². The van der Waals surface area contributed by atoms with Gasteiger partial charge in [-0.15, -0.1) is 10.2 Å². The smallest absolute Gasteiger partial charge is 0.249 e. The summed E-state index contributed by atoms with van der Waals surface area (Å²) >= 11 is 6.20. The van der Waals surface area contributed by atoms with Crippen molar-refractivity contribution in [2.75, 3.05) is 0 Å². The number of nitrogens with zero attached hydrogens (tertiary/aromatic N) is 4. The van der Waals surface area contributed by atoms with Gasteiger partial charge in [-0.05, 0) is 25.0 Å². The Morgan fingerprint density at radius 1 is 1.15 bits per heavy atom. The van der Waals surface area contributed by atoms with Gasteiger partial charge in [-0.2, -0.15) is 4.98 Å². The van der Waals surface area contributed by atoms with Gasteiger partial charge in [-0.1, -0.05) is 48.2 Å². The number of benzene rings is 1. The Morgan fingerprint density at radius 3 is 2.69 bits per heavy atom. The van der Waals surface area contributed by atoms with Crippen LogP contribution in [0.4, 0.5) is 0 Å². The summed E-state index contributed by atoms with van der Waals surface area (Å²) in [5.74, 6) is 2.21. The lowest BCUT2D eigenvalue weighted by molar-refractivity contribution is 0.204. The maximum atomic E-state index is 6.20. The molecule has 0 spiro atoms. The minimum atomic E-state index is -0.310. The maximum absolute atomic E-state index is 6.20. The fraction of sp³-hybridized carbons (Fsp3) is 0.444. The summed E-state index contributed by atoms with van der Waals surface area (Å²) in [6.45, 7) is 2.24. The Labute approximate surface area is 156 Å². The van der Waals surface area contributed by atoms with Crippen molar-refractivity contribution >= 4 is 11.6 Å². The SMILES string of the molecule is Cc1nc(C2(NCc3nnc(-c4ccccc4Cl)o3)CCCCC2)no1. The van der Waals surface area contributed by atoms with E-state index < -0.39 is 0 Å². The minimum Gasteiger partial charge on any atom is -0.419 e. The molecule has 136 valence electrons. The average Bonchev–Trinajstić information content (AvgIpc) is 3.31. The summed E-state index contributed by atoms with van der Waals surface area (Å²) in [7, 11) is 0. The molecule has 26 heavy (non-hydrogen) atoms. The first kappa shape index (κ1) is 17.2. The van der Waals surface area contributed by atoms with E-state index in [0.29, 0.717) is 35.1 Å². The number of rotatable bonds is 5. The number of aryl methyl sites for hydroxylation is 1. The predicted molar refractivity (Wildman–Crippen MR) is 95.4 cm³/mol. The third-order valence-electron chi connectivity index (χ3n) is 4.81. The molecule has 0 bridgehead atoms. The first-order valence-electron chi connectivity index (χ1n) is 8.79. The lowest BCUT2D eigenvalue weighted by Crippen LogP contribution is -2.44. The van der Waals surface area contributed by atoms with E-state index in [4.69, 9.17) is 20.5 Å². The van der Waals surface area contributed by atoms with Crippen molar-refractivity contribution in [3.8, 4) is 11.5 Å². The molecule has 0 saturated heterocycles. The van der Waals surface area contributed by atoms with Gasteiger partial charge in [0.2, 0.25) is 17.7 Å². The van der Waals surface area contributed by atoms with E-state index >= 15 is 0 Å². The molecule has 7 nitrogen and oxygen atoms in total. The highest BCUT2D eigenvalue weighted by atomic mass is 35.5. The lowest BCUT2D eigenvalue weighted by Gasteiger charge is -2.35. The molecule has 0 amide bonds. The lowest BCUT2D eigenvalue weighted by atomic mass is 9.81.